The summed E-state index contributed by atoms with van der Waals surface area (Å²) in [7, 11) is 1.19. The highest BCUT2D eigenvalue weighted by Gasteiger charge is 2.37. The van der Waals surface area contributed by atoms with Crippen molar-refractivity contribution in [2.75, 3.05) is 20.8 Å². The van der Waals surface area contributed by atoms with Crippen molar-refractivity contribution >= 4 is 15.4 Å². The third kappa shape index (κ3) is 3.69. The van der Waals surface area contributed by atoms with Crippen LogP contribution in [0.15, 0.2) is 4.99 Å². The minimum absolute atomic E-state index is 0.565. The summed E-state index contributed by atoms with van der Waals surface area (Å²) < 4.78 is 10.4. The second-order valence-electron chi connectivity index (χ2n) is 3.26. The third-order valence-electron chi connectivity index (χ3n) is 2.12. The lowest BCUT2D eigenvalue weighted by Gasteiger charge is -2.28. The maximum Gasteiger partial charge on any atom is 0.350 e. The number of isocyanates is 1. The molecule has 14 heavy (non-hydrogen) atoms. The molecular formula is C8H18N2O3Si. The zero-order valence-electron chi connectivity index (χ0n) is 8.95. The van der Waals surface area contributed by atoms with Crippen LogP contribution in [-0.4, -0.2) is 41.3 Å². The van der Waals surface area contributed by atoms with Gasteiger partial charge in [0.15, 0.2) is 0 Å². The maximum absolute atomic E-state index is 10.3. The molecule has 0 aliphatic rings. The SMILES string of the molecule is CO[SiH](OC)C(C)(CCCN)N=C=O. The Kier molecular flexibility index (Phi) is 6.60. The highest BCUT2D eigenvalue weighted by molar-refractivity contribution is 6.48. The molecule has 0 rings (SSSR count). The first-order valence-corrected chi connectivity index (χ1v) is 6.01. The van der Waals surface area contributed by atoms with Crippen LogP contribution in [0.25, 0.3) is 0 Å². The van der Waals surface area contributed by atoms with Gasteiger partial charge in [0.05, 0.1) is 0 Å². The number of rotatable bonds is 7. The number of nitrogens with two attached hydrogens (primary N) is 1. The molecule has 0 bridgehead atoms. The molecule has 0 fully saturated rings. The number of carbonyl (C=O) groups excluding carboxylic acids is 1. The predicted molar refractivity (Wildman–Crippen MR) is 56.0 cm³/mol. The van der Waals surface area contributed by atoms with Gasteiger partial charge in [-0.3, -0.25) is 0 Å². The van der Waals surface area contributed by atoms with Gasteiger partial charge in [-0.05, 0) is 26.3 Å². The monoisotopic (exact) mass is 218 g/mol. The van der Waals surface area contributed by atoms with Gasteiger partial charge in [-0.25, -0.2) is 4.79 Å². The number of hydrogen-bond acceptors (Lipinski definition) is 5. The molecule has 0 saturated carbocycles. The Labute approximate surface area is 86.1 Å². The van der Waals surface area contributed by atoms with Crippen LogP contribution in [0, 0.1) is 0 Å². The van der Waals surface area contributed by atoms with Crippen LogP contribution in [0.1, 0.15) is 19.8 Å². The highest BCUT2D eigenvalue weighted by atomic mass is 28.3. The Morgan fingerprint density at radius 1 is 1.50 bits per heavy atom. The van der Waals surface area contributed by atoms with Gasteiger partial charge in [-0.1, -0.05) is 0 Å². The fourth-order valence-corrected chi connectivity index (χ4v) is 3.20. The molecule has 0 aromatic carbocycles. The smallest absolute Gasteiger partial charge is 0.350 e. The normalized spacial score (nSPS) is 14.9. The van der Waals surface area contributed by atoms with Gasteiger partial charge in [0.1, 0.15) is 5.16 Å². The Morgan fingerprint density at radius 2 is 2.07 bits per heavy atom. The average Bonchev–Trinajstić information content (AvgIpc) is 2.17. The van der Waals surface area contributed by atoms with Gasteiger partial charge in [-0.2, -0.15) is 4.99 Å². The summed E-state index contributed by atoms with van der Waals surface area (Å²) in [5.74, 6) is 0. The van der Waals surface area contributed by atoms with E-state index in [1.54, 1.807) is 20.3 Å². The van der Waals surface area contributed by atoms with Crippen LogP contribution < -0.4 is 5.73 Å². The van der Waals surface area contributed by atoms with Gasteiger partial charge in [0.25, 0.3) is 0 Å². The largest absolute Gasteiger partial charge is 0.399 e. The second kappa shape index (κ2) is 6.86. The molecule has 82 valence electrons. The van der Waals surface area contributed by atoms with E-state index in [2.05, 4.69) is 4.99 Å². The second-order valence-corrected chi connectivity index (χ2v) is 6.11. The molecule has 0 aliphatic heterocycles. The molecule has 0 saturated heterocycles. The molecule has 1 unspecified atom stereocenters. The zero-order valence-corrected chi connectivity index (χ0v) is 10.1. The number of nitrogens with zero attached hydrogens (tertiary/aromatic N) is 1. The van der Waals surface area contributed by atoms with Crippen molar-refractivity contribution in [2.24, 2.45) is 10.7 Å². The summed E-state index contributed by atoms with van der Waals surface area (Å²) in [4.78, 5) is 14.1. The fraction of sp³-hybridized carbons (Fsp3) is 0.875. The number of hydrogen-bond donors (Lipinski definition) is 1. The van der Waals surface area contributed by atoms with Crippen molar-refractivity contribution in [1.29, 1.82) is 0 Å². The Bertz CT molecular complexity index is 205. The van der Waals surface area contributed by atoms with Crippen LogP contribution in [-0.2, 0) is 13.6 Å². The first kappa shape index (κ1) is 13.5. The minimum atomic E-state index is -1.96. The summed E-state index contributed by atoms with van der Waals surface area (Å²) in [6.07, 6.45) is 3.06. The lowest BCUT2D eigenvalue weighted by molar-refractivity contribution is 0.241. The van der Waals surface area contributed by atoms with E-state index in [9.17, 15) is 4.79 Å². The molecule has 0 spiro atoms. The van der Waals surface area contributed by atoms with Crippen LogP contribution in [0.3, 0.4) is 0 Å². The van der Waals surface area contributed by atoms with E-state index in [0.29, 0.717) is 13.0 Å². The molecule has 0 aromatic rings. The standard InChI is InChI=1S/C8H18N2O3Si/c1-8(10-7-11,5-4-6-9)14(12-2)13-3/h14H,4-6,9H2,1-3H3. The van der Waals surface area contributed by atoms with Gasteiger partial charge in [-0.15, -0.1) is 0 Å². The quantitative estimate of drug-likeness (QED) is 0.367. The van der Waals surface area contributed by atoms with Crippen LogP contribution in [0.5, 0.6) is 0 Å². The lowest BCUT2D eigenvalue weighted by atomic mass is 10.2. The molecule has 6 heteroatoms. The van der Waals surface area contributed by atoms with Crippen molar-refractivity contribution in [3.05, 3.63) is 0 Å². The topological polar surface area (TPSA) is 73.9 Å². The van der Waals surface area contributed by atoms with E-state index < -0.39 is 14.4 Å². The number of aliphatic imine (C=N–C) groups is 1. The minimum Gasteiger partial charge on any atom is -0.399 e. The molecule has 0 aliphatic carbocycles. The van der Waals surface area contributed by atoms with Crippen molar-refractivity contribution in [3.8, 4) is 0 Å². The molecule has 0 radical (unpaired) electrons. The van der Waals surface area contributed by atoms with Crippen LogP contribution in [0.2, 0.25) is 0 Å². The van der Waals surface area contributed by atoms with Crippen LogP contribution >= 0.6 is 0 Å². The predicted octanol–water partition coefficient (Wildman–Crippen LogP) is -0.128. The van der Waals surface area contributed by atoms with Gasteiger partial charge < -0.3 is 14.6 Å². The molecule has 1 atom stereocenters. The highest BCUT2D eigenvalue weighted by Crippen LogP contribution is 2.21. The summed E-state index contributed by atoms with van der Waals surface area (Å²) in [5, 5.41) is -0.565. The van der Waals surface area contributed by atoms with Gasteiger partial charge in [0.2, 0.25) is 6.08 Å². The van der Waals surface area contributed by atoms with Crippen molar-refractivity contribution in [1.82, 2.24) is 0 Å². The lowest BCUT2D eigenvalue weighted by Crippen LogP contribution is -2.45. The molecule has 0 heterocycles. The summed E-state index contributed by atoms with van der Waals surface area (Å²) in [6, 6.07) is 0. The Hall–Kier alpha value is -0.523. The molecule has 5 nitrogen and oxygen atoms in total. The van der Waals surface area contributed by atoms with Crippen LogP contribution in [0.4, 0.5) is 0 Å². The van der Waals surface area contributed by atoms with Crippen molar-refractivity contribution in [3.63, 3.8) is 0 Å². The van der Waals surface area contributed by atoms with E-state index in [1.807, 2.05) is 6.92 Å². The summed E-state index contributed by atoms with van der Waals surface area (Å²) in [5.41, 5.74) is 5.41. The van der Waals surface area contributed by atoms with E-state index in [4.69, 9.17) is 14.6 Å². The van der Waals surface area contributed by atoms with Crippen molar-refractivity contribution < 1.29 is 13.6 Å². The average molecular weight is 218 g/mol. The molecule has 2 N–H and O–H groups in total. The summed E-state index contributed by atoms with van der Waals surface area (Å²) in [6.45, 7) is 2.41. The van der Waals surface area contributed by atoms with Gasteiger partial charge in [0, 0.05) is 14.2 Å². The molecule has 0 aromatic heterocycles. The Morgan fingerprint density at radius 3 is 2.43 bits per heavy atom. The zero-order chi connectivity index (χ0) is 11.0. The van der Waals surface area contributed by atoms with E-state index in [1.165, 1.54) is 0 Å². The van der Waals surface area contributed by atoms with Gasteiger partial charge >= 0.3 is 9.28 Å². The molecule has 0 amide bonds. The summed E-state index contributed by atoms with van der Waals surface area (Å²) >= 11 is 0. The fourth-order valence-electron chi connectivity index (χ4n) is 1.39. The third-order valence-corrected chi connectivity index (χ3v) is 4.41. The van der Waals surface area contributed by atoms with Crippen molar-refractivity contribution in [2.45, 2.75) is 24.9 Å². The molecular weight excluding hydrogens is 200 g/mol. The van der Waals surface area contributed by atoms with E-state index >= 15 is 0 Å². The maximum atomic E-state index is 10.3. The van der Waals surface area contributed by atoms with E-state index in [0.717, 1.165) is 6.42 Å². The van der Waals surface area contributed by atoms with E-state index in [-0.39, 0.29) is 0 Å². The Balaban J connectivity index is 4.58. The first-order valence-electron chi connectivity index (χ1n) is 4.49. The first-order chi connectivity index (χ1) is 6.64.